The van der Waals surface area contributed by atoms with Crippen molar-refractivity contribution >= 4 is 0 Å². The zero-order chi connectivity index (χ0) is 11.7. The monoisotopic (exact) mass is 216 g/mol. The molecule has 16 heavy (non-hydrogen) atoms. The molecule has 2 aromatic rings. The molecule has 3 nitrogen and oxygen atoms in total. The van der Waals surface area contributed by atoms with Gasteiger partial charge in [0.1, 0.15) is 0 Å². The van der Waals surface area contributed by atoms with Crippen molar-refractivity contribution in [3.05, 3.63) is 47.0 Å². The highest BCUT2D eigenvalue weighted by Gasteiger charge is 2.11. The van der Waals surface area contributed by atoms with Gasteiger partial charge in [-0.05, 0) is 32.4 Å². The molecule has 2 heterocycles. The van der Waals surface area contributed by atoms with Crippen LogP contribution in [0.25, 0.3) is 0 Å². The Balaban J connectivity index is 2.34. The lowest BCUT2D eigenvalue weighted by Gasteiger charge is -2.04. The molecule has 0 aromatic carbocycles. The molecule has 0 saturated carbocycles. The van der Waals surface area contributed by atoms with Crippen molar-refractivity contribution in [1.29, 1.82) is 0 Å². The number of hydrogen-bond acceptors (Lipinski definition) is 1. The molecule has 0 amide bonds. The first kappa shape index (κ1) is 10.9. The third-order valence-electron chi connectivity index (χ3n) is 3.25. The van der Waals surface area contributed by atoms with Gasteiger partial charge in [0.05, 0.1) is 6.20 Å². The van der Waals surface area contributed by atoms with E-state index in [0.717, 1.165) is 6.67 Å². The van der Waals surface area contributed by atoms with Crippen molar-refractivity contribution in [2.45, 2.75) is 34.4 Å². The fourth-order valence-electron chi connectivity index (χ4n) is 1.73. The molecule has 2 rings (SSSR count). The Kier molecular flexibility index (Phi) is 2.77. The summed E-state index contributed by atoms with van der Waals surface area (Å²) in [6.45, 7) is 9.25. The quantitative estimate of drug-likeness (QED) is 0.703. The maximum Gasteiger partial charge on any atom is 0.242 e. The number of aryl methyl sites for hydroxylation is 2. The van der Waals surface area contributed by atoms with Gasteiger partial charge in [-0.3, -0.25) is 0 Å². The molecular weight excluding hydrogens is 198 g/mol. The minimum Gasteiger partial charge on any atom is -0.209 e. The summed E-state index contributed by atoms with van der Waals surface area (Å²) >= 11 is 0. The first-order valence-corrected chi connectivity index (χ1v) is 5.54. The van der Waals surface area contributed by atoms with Crippen LogP contribution in [-0.4, -0.2) is 9.78 Å². The van der Waals surface area contributed by atoms with Gasteiger partial charge in [-0.1, -0.05) is 0 Å². The lowest BCUT2D eigenvalue weighted by Crippen LogP contribution is -2.41. The Labute approximate surface area is 96.4 Å². The van der Waals surface area contributed by atoms with E-state index in [1.165, 1.54) is 22.5 Å². The number of nitrogens with zero attached hydrogens (tertiary/aromatic N) is 3. The van der Waals surface area contributed by atoms with E-state index in [2.05, 4.69) is 55.7 Å². The van der Waals surface area contributed by atoms with Gasteiger partial charge in [0.25, 0.3) is 0 Å². The van der Waals surface area contributed by atoms with E-state index in [-0.39, 0.29) is 0 Å². The molecule has 0 saturated heterocycles. The second-order valence-electron chi connectivity index (χ2n) is 4.30. The Morgan fingerprint density at radius 2 is 1.94 bits per heavy atom. The zero-order valence-corrected chi connectivity index (χ0v) is 10.4. The third-order valence-corrected chi connectivity index (χ3v) is 3.25. The van der Waals surface area contributed by atoms with Crippen LogP contribution in [-0.2, 0) is 6.67 Å². The van der Waals surface area contributed by atoms with Crippen molar-refractivity contribution in [2.75, 3.05) is 0 Å². The Morgan fingerprint density at radius 3 is 2.56 bits per heavy atom. The number of aromatic nitrogens is 3. The molecule has 3 heteroatoms. The number of rotatable bonds is 2. The molecular formula is C13H18N3+. The molecule has 0 radical (unpaired) electrons. The van der Waals surface area contributed by atoms with E-state index < -0.39 is 0 Å². The minimum absolute atomic E-state index is 0.785. The average Bonchev–Trinajstić information content (AvgIpc) is 2.57. The molecule has 0 aliphatic heterocycles. The van der Waals surface area contributed by atoms with Gasteiger partial charge in [-0.25, -0.2) is 4.68 Å². The number of hydrogen-bond donors (Lipinski definition) is 0. The molecule has 0 unspecified atom stereocenters. The second-order valence-corrected chi connectivity index (χ2v) is 4.30. The van der Waals surface area contributed by atoms with Gasteiger partial charge in [0.15, 0.2) is 11.9 Å². The third kappa shape index (κ3) is 1.85. The molecule has 0 fully saturated rings. The fourth-order valence-corrected chi connectivity index (χ4v) is 1.73. The van der Waals surface area contributed by atoms with Crippen molar-refractivity contribution in [3.63, 3.8) is 0 Å². The molecule has 2 aromatic heterocycles. The number of pyridine rings is 1. The summed E-state index contributed by atoms with van der Waals surface area (Å²) in [5, 5.41) is 4.38. The van der Waals surface area contributed by atoms with E-state index in [9.17, 15) is 0 Å². The van der Waals surface area contributed by atoms with E-state index in [4.69, 9.17) is 0 Å². The lowest BCUT2D eigenvalue weighted by molar-refractivity contribution is -0.708. The molecule has 84 valence electrons. The van der Waals surface area contributed by atoms with Gasteiger partial charge >= 0.3 is 0 Å². The minimum atomic E-state index is 0.785. The first-order valence-electron chi connectivity index (χ1n) is 5.54. The van der Waals surface area contributed by atoms with E-state index >= 15 is 0 Å². The SMILES string of the molecule is Cc1cnn(C[n+]2cccc(C)c2C)c1C. The fraction of sp³-hybridized carbons (Fsp3) is 0.385. The maximum atomic E-state index is 4.38. The summed E-state index contributed by atoms with van der Waals surface area (Å²) in [4.78, 5) is 0. The van der Waals surface area contributed by atoms with Crippen molar-refractivity contribution in [1.82, 2.24) is 9.78 Å². The van der Waals surface area contributed by atoms with E-state index in [1.54, 1.807) is 0 Å². The van der Waals surface area contributed by atoms with Crippen LogP contribution in [0.15, 0.2) is 24.5 Å². The predicted octanol–water partition coefficient (Wildman–Crippen LogP) is 1.91. The van der Waals surface area contributed by atoms with Crippen LogP contribution >= 0.6 is 0 Å². The molecule has 0 atom stereocenters. The van der Waals surface area contributed by atoms with Gasteiger partial charge in [0, 0.05) is 24.2 Å². The largest absolute Gasteiger partial charge is 0.242 e. The lowest BCUT2D eigenvalue weighted by atomic mass is 10.2. The normalized spacial score (nSPS) is 10.8. The highest BCUT2D eigenvalue weighted by atomic mass is 15.3. The van der Waals surface area contributed by atoms with Crippen LogP contribution in [0.5, 0.6) is 0 Å². The summed E-state index contributed by atoms with van der Waals surface area (Å²) in [7, 11) is 0. The summed E-state index contributed by atoms with van der Waals surface area (Å²) in [6.07, 6.45) is 4.01. The average molecular weight is 216 g/mol. The van der Waals surface area contributed by atoms with Crippen LogP contribution < -0.4 is 4.57 Å². The highest BCUT2D eigenvalue weighted by Crippen LogP contribution is 2.04. The molecule has 0 spiro atoms. The smallest absolute Gasteiger partial charge is 0.209 e. The van der Waals surface area contributed by atoms with Crippen molar-refractivity contribution in [2.24, 2.45) is 0 Å². The zero-order valence-electron chi connectivity index (χ0n) is 10.4. The van der Waals surface area contributed by atoms with Gasteiger partial charge in [-0.2, -0.15) is 9.67 Å². The molecule has 0 bridgehead atoms. The Morgan fingerprint density at radius 1 is 1.19 bits per heavy atom. The van der Waals surface area contributed by atoms with E-state index in [1.807, 2.05) is 10.9 Å². The van der Waals surface area contributed by atoms with Gasteiger partial charge < -0.3 is 0 Å². The summed E-state index contributed by atoms with van der Waals surface area (Å²) in [5.41, 5.74) is 5.07. The summed E-state index contributed by atoms with van der Waals surface area (Å²) < 4.78 is 4.25. The molecule has 0 aliphatic rings. The second kappa shape index (κ2) is 4.08. The Bertz CT molecular complexity index is 512. The Hall–Kier alpha value is -1.64. The van der Waals surface area contributed by atoms with Crippen LogP contribution in [0.1, 0.15) is 22.5 Å². The van der Waals surface area contributed by atoms with Crippen LogP contribution in [0.3, 0.4) is 0 Å². The molecule has 0 aliphatic carbocycles. The van der Waals surface area contributed by atoms with E-state index in [0.29, 0.717) is 0 Å². The summed E-state index contributed by atoms with van der Waals surface area (Å²) in [5.74, 6) is 0. The topological polar surface area (TPSA) is 21.7 Å². The standard InChI is InChI=1S/C13H18N3/c1-10-6-5-7-15(12(10)3)9-16-13(4)11(2)8-14-16/h5-8H,9H2,1-4H3/q+1. The van der Waals surface area contributed by atoms with Crippen LogP contribution in [0, 0.1) is 27.7 Å². The summed E-state index contributed by atoms with van der Waals surface area (Å²) in [6, 6.07) is 4.21. The van der Waals surface area contributed by atoms with Crippen molar-refractivity contribution in [3.8, 4) is 0 Å². The maximum absolute atomic E-state index is 4.38. The first-order chi connectivity index (χ1) is 7.59. The predicted molar refractivity (Wildman–Crippen MR) is 63.2 cm³/mol. The van der Waals surface area contributed by atoms with Gasteiger partial charge in [0.2, 0.25) is 6.67 Å². The van der Waals surface area contributed by atoms with Crippen LogP contribution in [0.4, 0.5) is 0 Å². The molecule has 0 N–H and O–H groups in total. The van der Waals surface area contributed by atoms with Gasteiger partial charge in [-0.15, -0.1) is 0 Å². The van der Waals surface area contributed by atoms with Crippen LogP contribution in [0.2, 0.25) is 0 Å². The highest BCUT2D eigenvalue weighted by molar-refractivity contribution is 5.13. The van der Waals surface area contributed by atoms with Crippen molar-refractivity contribution < 1.29 is 4.57 Å².